The van der Waals surface area contributed by atoms with E-state index in [1.165, 1.54) is 22.3 Å². The number of furan rings is 1. The summed E-state index contributed by atoms with van der Waals surface area (Å²) in [6, 6.07) is 93.3. The maximum Gasteiger partial charge on any atom is 0.160 e. The summed E-state index contributed by atoms with van der Waals surface area (Å²) in [6.45, 7) is 0. The van der Waals surface area contributed by atoms with Crippen molar-refractivity contribution in [3.63, 3.8) is 0 Å². The van der Waals surface area contributed by atoms with Gasteiger partial charge >= 0.3 is 0 Å². The molecule has 0 saturated carbocycles. The number of para-hydroxylation sites is 6. The molecule has 5 heteroatoms. The highest BCUT2D eigenvalue weighted by atomic mass is 16.5. The monoisotopic (exact) mass is 947 g/mol. The van der Waals surface area contributed by atoms with Gasteiger partial charge in [-0.15, -0.1) is 0 Å². The van der Waals surface area contributed by atoms with Gasteiger partial charge in [0, 0.05) is 51.0 Å². The van der Waals surface area contributed by atoms with E-state index in [2.05, 4.69) is 288 Å². The summed E-state index contributed by atoms with van der Waals surface area (Å²) in [5.41, 5.74) is 19.3. The average molecular weight is 948 g/mol. The number of rotatable bonds is 7. The summed E-state index contributed by atoms with van der Waals surface area (Å²) >= 11 is 0. The molecule has 0 saturated heterocycles. The van der Waals surface area contributed by atoms with Gasteiger partial charge in [0.1, 0.15) is 5.58 Å². The van der Waals surface area contributed by atoms with Crippen LogP contribution in [0.4, 0.5) is 51.2 Å². The molecule has 0 fully saturated rings. The van der Waals surface area contributed by atoms with Gasteiger partial charge in [-0.1, -0.05) is 170 Å². The molecule has 11 aromatic carbocycles. The van der Waals surface area contributed by atoms with E-state index in [1.807, 2.05) is 0 Å². The predicted octanol–water partition coefficient (Wildman–Crippen LogP) is 18.9. The fourth-order valence-corrected chi connectivity index (χ4v) is 12.2. The van der Waals surface area contributed by atoms with Crippen LogP contribution in [0.15, 0.2) is 265 Å². The first-order chi connectivity index (χ1) is 36.7. The molecular formula is C69H45N3O2. The van der Waals surface area contributed by atoms with Gasteiger partial charge in [0.2, 0.25) is 0 Å². The number of nitrogens with zero attached hydrogens (tertiary/aromatic N) is 3. The molecule has 15 rings (SSSR count). The van der Waals surface area contributed by atoms with Gasteiger partial charge in [0.25, 0.3) is 0 Å². The molecule has 0 radical (unpaired) electrons. The molecule has 74 heavy (non-hydrogen) atoms. The minimum Gasteiger partial charge on any atom is -0.454 e. The number of hydrogen-bond donors (Lipinski definition) is 0. The van der Waals surface area contributed by atoms with Crippen LogP contribution in [0.5, 0.6) is 11.5 Å². The number of hydrogen-bond acceptors (Lipinski definition) is 5. The highest BCUT2D eigenvalue weighted by Crippen LogP contribution is 2.63. The van der Waals surface area contributed by atoms with E-state index in [4.69, 9.17) is 9.15 Å². The Morgan fingerprint density at radius 3 is 1.53 bits per heavy atom. The molecule has 2 aliphatic carbocycles. The molecule has 0 N–H and O–H groups in total. The Labute approximate surface area is 429 Å². The zero-order valence-electron chi connectivity index (χ0n) is 40.1. The molecule has 5 nitrogen and oxygen atoms in total. The topological polar surface area (TPSA) is 32.1 Å². The SMILES string of the molecule is C1=Cc2c(cc(N(c3ccccc3)c3ccccc3)c3oc4ccccc4c23)C2(c3cc4c(cc31)N(c1ccccc1)c1ccc(N(c3ccccc3)c3ccccc3)cc1O4)c1ccccc1-c1ccccc12. The lowest BCUT2D eigenvalue weighted by Gasteiger charge is -2.39. The molecule has 1 aromatic heterocycles. The van der Waals surface area contributed by atoms with Crippen molar-refractivity contribution in [3.05, 3.63) is 294 Å². The zero-order valence-corrected chi connectivity index (χ0v) is 40.1. The van der Waals surface area contributed by atoms with Crippen molar-refractivity contribution in [2.45, 2.75) is 5.41 Å². The van der Waals surface area contributed by atoms with Crippen molar-refractivity contribution in [1.82, 2.24) is 0 Å². The summed E-state index contributed by atoms with van der Waals surface area (Å²) in [5, 5.41) is 2.14. The molecule has 1 aliphatic heterocycles. The lowest BCUT2D eigenvalue weighted by atomic mass is 9.65. The van der Waals surface area contributed by atoms with Gasteiger partial charge in [-0.3, -0.25) is 0 Å². The van der Waals surface area contributed by atoms with Crippen LogP contribution in [-0.4, -0.2) is 0 Å². The second-order valence-corrected chi connectivity index (χ2v) is 19.2. The van der Waals surface area contributed by atoms with E-state index in [0.29, 0.717) is 0 Å². The van der Waals surface area contributed by atoms with Crippen LogP contribution >= 0.6 is 0 Å². The number of anilines is 9. The van der Waals surface area contributed by atoms with Crippen molar-refractivity contribution >= 4 is 85.3 Å². The first kappa shape index (κ1) is 41.9. The number of benzene rings is 11. The second-order valence-electron chi connectivity index (χ2n) is 19.2. The van der Waals surface area contributed by atoms with Crippen LogP contribution in [0, 0.1) is 0 Å². The summed E-state index contributed by atoms with van der Waals surface area (Å²) in [6.07, 6.45) is 4.68. The lowest BCUT2D eigenvalue weighted by Crippen LogP contribution is -2.31. The van der Waals surface area contributed by atoms with Crippen molar-refractivity contribution in [2.24, 2.45) is 0 Å². The third-order valence-corrected chi connectivity index (χ3v) is 15.2. The Hall–Kier alpha value is -9.84. The molecule has 0 atom stereocenters. The zero-order chi connectivity index (χ0) is 48.7. The smallest absolute Gasteiger partial charge is 0.160 e. The minimum absolute atomic E-state index is 0.761. The summed E-state index contributed by atoms with van der Waals surface area (Å²) < 4.78 is 14.6. The van der Waals surface area contributed by atoms with E-state index < -0.39 is 5.41 Å². The van der Waals surface area contributed by atoms with E-state index >= 15 is 0 Å². The van der Waals surface area contributed by atoms with E-state index in [0.717, 1.165) is 107 Å². The fraction of sp³-hybridized carbons (Fsp3) is 0.0145. The highest BCUT2D eigenvalue weighted by Gasteiger charge is 2.50. The van der Waals surface area contributed by atoms with Gasteiger partial charge in [-0.25, -0.2) is 0 Å². The van der Waals surface area contributed by atoms with Crippen LogP contribution in [-0.2, 0) is 5.41 Å². The maximum atomic E-state index is 7.44. The quantitative estimate of drug-likeness (QED) is 0.159. The van der Waals surface area contributed by atoms with Gasteiger partial charge in [-0.05, 0) is 142 Å². The summed E-state index contributed by atoms with van der Waals surface area (Å²) in [5.74, 6) is 1.53. The van der Waals surface area contributed by atoms with Gasteiger partial charge in [0.05, 0.1) is 22.5 Å². The minimum atomic E-state index is -0.822. The second kappa shape index (κ2) is 16.6. The van der Waals surface area contributed by atoms with Crippen molar-refractivity contribution in [2.75, 3.05) is 14.7 Å². The van der Waals surface area contributed by atoms with E-state index in [-0.39, 0.29) is 0 Å². The van der Waals surface area contributed by atoms with Crippen LogP contribution in [0.3, 0.4) is 0 Å². The Morgan fingerprint density at radius 2 is 0.905 bits per heavy atom. The first-order valence-electron chi connectivity index (χ1n) is 25.2. The normalized spacial score (nSPS) is 13.3. The number of fused-ring (bicyclic) bond motifs is 15. The Bertz CT molecular complexity index is 4050. The standard InChI is InChI=1S/C69H45N3O2/c1-6-22-47(23-7-1)70(48-24-8-2-9-25-48)52-39-41-61-65(43-52)73-66-45-59-46(42-62(66)72(61)51-30-14-5-15-31-51)38-40-55-60(69(59)57-35-19-16-32-53(57)54-33-17-20-36-58(54)69)44-63(68-67(55)56-34-18-21-37-64(56)74-68)71(49-26-10-3-11-27-49)50-28-12-4-13-29-50/h1-45H. The average Bonchev–Trinajstić information content (AvgIpc) is 4.03. The molecule has 0 amide bonds. The summed E-state index contributed by atoms with van der Waals surface area (Å²) in [7, 11) is 0. The Balaban J connectivity index is 1.04. The van der Waals surface area contributed by atoms with Crippen LogP contribution in [0.1, 0.15) is 33.4 Å². The largest absolute Gasteiger partial charge is 0.454 e. The fourth-order valence-electron chi connectivity index (χ4n) is 12.2. The van der Waals surface area contributed by atoms with Crippen LogP contribution in [0.25, 0.3) is 45.2 Å². The van der Waals surface area contributed by atoms with E-state index in [9.17, 15) is 0 Å². The van der Waals surface area contributed by atoms with Crippen molar-refractivity contribution in [3.8, 4) is 22.6 Å². The molecule has 12 aromatic rings. The maximum absolute atomic E-state index is 7.44. The van der Waals surface area contributed by atoms with Crippen molar-refractivity contribution < 1.29 is 9.15 Å². The first-order valence-corrected chi connectivity index (χ1v) is 25.2. The third kappa shape index (κ3) is 6.23. The molecule has 0 unspecified atom stereocenters. The van der Waals surface area contributed by atoms with Gasteiger partial charge in [-0.2, -0.15) is 0 Å². The molecule has 1 spiro atoms. The van der Waals surface area contributed by atoms with E-state index in [1.54, 1.807) is 0 Å². The molecule has 2 heterocycles. The molecule has 348 valence electrons. The number of ether oxygens (including phenoxy) is 1. The van der Waals surface area contributed by atoms with Gasteiger partial charge in [0.15, 0.2) is 17.1 Å². The molecular weight excluding hydrogens is 903 g/mol. The van der Waals surface area contributed by atoms with Crippen LogP contribution in [0.2, 0.25) is 0 Å². The molecule has 3 aliphatic rings. The Kier molecular flexibility index (Phi) is 9.41. The Morgan fingerprint density at radius 1 is 0.378 bits per heavy atom. The van der Waals surface area contributed by atoms with Crippen LogP contribution < -0.4 is 19.4 Å². The summed E-state index contributed by atoms with van der Waals surface area (Å²) in [4.78, 5) is 7.01. The lowest BCUT2D eigenvalue weighted by molar-refractivity contribution is 0.475. The van der Waals surface area contributed by atoms with Crippen molar-refractivity contribution in [1.29, 1.82) is 0 Å². The third-order valence-electron chi connectivity index (χ3n) is 15.2. The highest BCUT2D eigenvalue weighted by molar-refractivity contribution is 6.16. The predicted molar refractivity (Wildman–Crippen MR) is 304 cm³/mol. The van der Waals surface area contributed by atoms with Gasteiger partial charge < -0.3 is 23.9 Å². The molecule has 0 bridgehead atoms.